The van der Waals surface area contributed by atoms with Crippen LogP contribution >= 0.6 is 0 Å². The van der Waals surface area contributed by atoms with Crippen molar-refractivity contribution in [2.24, 2.45) is 5.73 Å². The van der Waals surface area contributed by atoms with Crippen molar-refractivity contribution >= 4 is 58.4 Å². The number of hydrogen-bond acceptors (Lipinski definition) is 9. The van der Waals surface area contributed by atoms with Gasteiger partial charge in [0.15, 0.2) is 6.23 Å². The molecule has 10 N–H and O–H groups in total. The number of anilines is 3. The summed E-state index contributed by atoms with van der Waals surface area (Å²) >= 11 is 0. The van der Waals surface area contributed by atoms with Gasteiger partial charge in [0.2, 0.25) is 23.6 Å². The number of primary amides is 1. The van der Waals surface area contributed by atoms with Gasteiger partial charge in [0.05, 0.1) is 11.4 Å². The van der Waals surface area contributed by atoms with Crippen LogP contribution in [-0.4, -0.2) is 78.9 Å². The first-order valence-corrected chi connectivity index (χ1v) is 12.0. The maximum Gasteiger partial charge on any atom is 0.309 e. The molecule has 7 amide bonds. The minimum Gasteiger partial charge on any atom is -0.370 e. The Labute approximate surface area is 223 Å². The van der Waals surface area contributed by atoms with Crippen LogP contribution < -0.4 is 43.0 Å². The van der Waals surface area contributed by atoms with Gasteiger partial charge < -0.3 is 42.7 Å². The number of aryl methyl sites for hydroxylation is 1. The zero-order chi connectivity index (χ0) is 28.9. The summed E-state index contributed by atoms with van der Waals surface area (Å²) < 4.78 is 0. The molecule has 0 spiro atoms. The molecular weight excluding hydrogens is 516 g/mol. The number of nitrogens with two attached hydrogens (primary N) is 1. The molecule has 1 aliphatic heterocycles. The number of benzene rings is 1. The first-order chi connectivity index (χ1) is 18.5. The molecule has 0 aromatic heterocycles. The van der Waals surface area contributed by atoms with E-state index in [1.54, 1.807) is 13.0 Å². The van der Waals surface area contributed by atoms with Crippen molar-refractivity contribution in [3.8, 4) is 0 Å². The van der Waals surface area contributed by atoms with Crippen LogP contribution in [0.5, 0.6) is 0 Å². The summed E-state index contributed by atoms with van der Waals surface area (Å²) in [4.78, 5) is 83.1. The lowest BCUT2D eigenvalue weighted by Crippen LogP contribution is -2.45. The maximum atomic E-state index is 12.5. The number of hydrogen-bond donors (Lipinski definition) is 9. The van der Waals surface area contributed by atoms with Crippen molar-refractivity contribution in [1.29, 1.82) is 0 Å². The van der Waals surface area contributed by atoms with E-state index in [1.807, 2.05) is 0 Å². The summed E-state index contributed by atoms with van der Waals surface area (Å²) in [7, 11) is 0. The summed E-state index contributed by atoms with van der Waals surface area (Å²) in [5.74, 6) is -4.69. The van der Waals surface area contributed by atoms with Crippen molar-refractivity contribution in [3.63, 3.8) is 0 Å². The van der Waals surface area contributed by atoms with E-state index in [-0.39, 0.29) is 63.2 Å². The van der Waals surface area contributed by atoms with Crippen LogP contribution in [0.4, 0.5) is 17.1 Å². The molecule has 1 heterocycles. The maximum absolute atomic E-state index is 12.5. The number of nitrogens with one attached hydrogen (secondary N) is 7. The Bertz CT molecular complexity index is 1140. The molecule has 0 radical (unpaired) electrons. The molecule has 0 aliphatic carbocycles. The highest BCUT2D eigenvalue weighted by molar-refractivity contribution is 6.35. The van der Waals surface area contributed by atoms with Gasteiger partial charge in [0.25, 0.3) is 5.91 Å². The van der Waals surface area contributed by atoms with Crippen LogP contribution in [-0.2, 0) is 33.6 Å². The lowest BCUT2D eigenvalue weighted by atomic mass is 10.1. The normalized spacial score (nSPS) is 15.3. The number of amides is 7. The average Bonchev–Trinajstić information content (AvgIpc) is 2.85. The van der Waals surface area contributed by atoms with Gasteiger partial charge in [-0.15, -0.1) is 0 Å². The van der Waals surface area contributed by atoms with Crippen LogP contribution in [0.15, 0.2) is 12.1 Å². The van der Waals surface area contributed by atoms with Crippen LogP contribution in [0.3, 0.4) is 0 Å². The van der Waals surface area contributed by atoms with Crippen LogP contribution in [0.2, 0.25) is 0 Å². The van der Waals surface area contributed by atoms with Crippen LogP contribution in [0, 0.1) is 6.92 Å². The molecule has 39 heavy (non-hydrogen) atoms. The van der Waals surface area contributed by atoms with E-state index in [9.17, 15) is 38.7 Å². The van der Waals surface area contributed by atoms with Gasteiger partial charge in [0, 0.05) is 57.5 Å². The second-order valence-electron chi connectivity index (χ2n) is 8.48. The minimum absolute atomic E-state index is 0.0345. The number of carbonyl (C=O) groups excluding carboxylic acids is 7. The highest BCUT2D eigenvalue weighted by Crippen LogP contribution is 2.30. The highest BCUT2D eigenvalue weighted by atomic mass is 16.3. The molecule has 0 saturated heterocycles. The van der Waals surface area contributed by atoms with Gasteiger partial charge in [-0.25, -0.2) is 0 Å². The van der Waals surface area contributed by atoms with Crippen LogP contribution in [0.25, 0.3) is 0 Å². The summed E-state index contributed by atoms with van der Waals surface area (Å²) in [5.41, 5.74) is 6.33. The third-order valence-electron chi connectivity index (χ3n) is 5.28. The molecule has 0 saturated carbocycles. The summed E-state index contributed by atoms with van der Waals surface area (Å²) in [6, 6.07) is 3.01. The van der Waals surface area contributed by atoms with E-state index >= 15 is 0 Å². The van der Waals surface area contributed by atoms with Crippen molar-refractivity contribution < 1.29 is 38.7 Å². The zero-order valence-corrected chi connectivity index (χ0v) is 21.3. The fourth-order valence-corrected chi connectivity index (χ4v) is 3.25. The lowest BCUT2D eigenvalue weighted by Gasteiger charge is -2.18. The Hall–Kier alpha value is -4.57. The van der Waals surface area contributed by atoms with Crippen molar-refractivity contribution in [2.45, 2.75) is 38.8 Å². The lowest BCUT2D eigenvalue weighted by molar-refractivity contribution is -0.139. The number of aliphatic hydroxyl groups is 1. The molecule has 1 aliphatic rings. The Morgan fingerprint density at radius 3 is 2.05 bits per heavy atom. The zero-order valence-electron chi connectivity index (χ0n) is 21.3. The smallest absolute Gasteiger partial charge is 0.309 e. The minimum atomic E-state index is -1.60. The quantitative estimate of drug-likeness (QED) is 0.113. The molecule has 0 fully saturated rings. The van der Waals surface area contributed by atoms with Crippen molar-refractivity contribution in [3.05, 3.63) is 17.7 Å². The first-order valence-electron chi connectivity index (χ1n) is 12.0. The predicted molar refractivity (Wildman–Crippen MR) is 138 cm³/mol. The van der Waals surface area contributed by atoms with E-state index in [2.05, 4.69) is 37.2 Å². The van der Waals surface area contributed by atoms with Crippen molar-refractivity contribution in [2.75, 3.05) is 42.1 Å². The monoisotopic (exact) mass is 548 g/mol. The molecule has 1 aromatic rings. The summed E-state index contributed by atoms with van der Waals surface area (Å²) in [5, 5.41) is 27.2. The van der Waals surface area contributed by atoms with Gasteiger partial charge in [-0.2, -0.15) is 0 Å². The summed E-state index contributed by atoms with van der Waals surface area (Å²) in [6.45, 7) is 1.40. The van der Waals surface area contributed by atoms with Crippen molar-refractivity contribution in [1.82, 2.24) is 21.3 Å². The highest BCUT2D eigenvalue weighted by Gasteiger charge is 2.18. The number of fused-ring (bicyclic) bond motifs is 1. The van der Waals surface area contributed by atoms with E-state index in [1.165, 1.54) is 6.07 Å². The molecule has 1 aromatic carbocycles. The molecule has 1 unspecified atom stereocenters. The summed E-state index contributed by atoms with van der Waals surface area (Å²) in [6.07, 6.45) is -2.11. The number of rotatable bonds is 9. The van der Waals surface area contributed by atoms with Crippen LogP contribution in [0.1, 0.15) is 31.2 Å². The topological polar surface area (TPSA) is 250 Å². The fraction of sp³-hybridized carbons (Fsp3) is 0.435. The molecule has 212 valence electrons. The predicted octanol–water partition coefficient (Wildman–Crippen LogP) is -2.87. The standard InChI is InChI=1S/C23H32N8O8/c1-12-10-14-15(31-19(35)5-9-28-23(39)22(38)27-8-4-18(34)30-14)11-13(12)29-17(33)3-7-26-21(37)20(36)25-6-2-16(24)32/h10-11,21,26,37H,2-9H2,1H3,(H2,24,32)(H,25,36)(H,27,38)(H,28,39)(H,29,33)(H,30,34)(H,31,35). The first kappa shape index (κ1) is 30.7. The van der Waals surface area contributed by atoms with Gasteiger partial charge in [0.1, 0.15) is 0 Å². The number of carbonyl (C=O) groups is 7. The largest absolute Gasteiger partial charge is 0.370 e. The SMILES string of the molecule is Cc1cc2c(cc1NC(=O)CCNC(O)C(=O)NCCC(N)=O)NC(=O)CCNC(=O)C(=O)NCCC(=O)N2. The van der Waals surface area contributed by atoms with Gasteiger partial charge in [-0.3, -0.25) is 38.9 Å². The molecule has 0 bridgehead atoms. The number of aliphatic hydroxyl groups excluding tert-OH is 1. The van der Waals surface area contributed by atoms with Gasteiger partial charge >= 0.3 is 11.8 Å². The van der Waals surface area contributed by atoms with E-state index in [0.717, 1.165) is 0 Å². The third kappa shape index (κ3) is 10.7. The third-order valence-corrected chi connectivity index (χ3v) is 5.28. The Kier molecular flexibility index (Phi) is 11.8. The Morgan fingerprint density at radius 1 is 0.923 bits per heavy atom. The molecule has 16 heteroatoms. The van der Waals surface area contributed by atoms with E-state index < -0.39 is 47.6 Å². The second kappa shape index (κ2) is 15.0. The fourth-order valence-electron chi connectivity index (χ4n) is 3.25. The Morgan fingerprint density at radius 2 is 1.49 bits per heavy atom. The Balaban J connectivity index is 2.03. The van der Waals surface area contributed by atoms with Gasteiger partial charge in [-0.05, 0) is 24.6 Å². The molecule has 2 rings (SSSR count). The van der Waals surface area contributed by atoms with Gasteiger partial charge in [-0.1, -0.05) is 0 Å². The van der Waals surface area contributed by atoms with E-state index in [4.69, 9.17) is 5.73 Å². The molecular formula is C23H32N8O8. The molecule has 1 atom stereocenters. The second-order valence-corrected chi connectivity index (χ2v) is 8.48. The van der Waals surface area contributed by atoms with E-state index in [0.29, 0.717) is 11.3 Å². The average molecular weight is 549 g/mol. The molecule has 16 nitrogen and oxygen atoms in total.